The second-order valence-electron chi connectivity index (χ2n) is 3.33. The van der Waals surface area contributed by atoms with E-state index in [4.69, 9.17) is 14.6 Å². The smallest absolute Gasteiger partial charge is 0.0838 e. The van der Waals surface area contributed by atoms with Gasteiger partial charge in [-0.1, -0.05) is 0 Å². The molecule has 1 N–H and O–H groups in total. The van der Waals surface area contributed by atoms with Crippen LogP contribution in [0.2, 0.25) is 0 Å². The van der Waals surface area contributed by atoms with Gasteiger partial charge >= 0.3 is 0 Å². The van der Waals surface area contributed by atoms with E-state index in [1.807, 2.05) is 6.92 Å². The summed E-state index contributed by atoms with van der Waals surface area (Å²) >= 11 is 0. The molecule has 1 heterocycles. The SMILES string of the molecule is CO[C@H](C)[C@@H]1CC[C@@H](CCO)O1. The van der Waals surface area contributed by atoms with Gasteiger partial charge in [0.25, 0.3) is 0 Å². The molecule has 0 radical (unpaired) electrons. The first-order valence-corrected chi connectivity index (χ1v) is 4.57. The molecule has 1 aliphatic heterocycles. The van der Waals surface area contributed by atoms with Gasteiger partial charge in [-0.15, -0.1) is 0 Å². The Labute approximate surface area is 73.7 Å². The number of hydrogen-bond donors (Lipinski definition) is 1. The second-order valence-corrected chi connectivity index (χ2v) is 3.33. The zero-order valence-electron chi connectivity index (χ0n) is 7.82. The molecule has 0 saturated carbocycles. The predicted molar refractivity (Wildman–Crippen MR) is 46.1 cm³/mol. The normalized spacial score (nSPS) is 32.2. The summed E-state index contributed by atoms with van der Waals surface area (Å²) in [5.41, 5.74) is 0. The van der Waals surface area contributed by atoms with Gasteiger partial charge in [-0.05, 0) is 26.2 Å². The Morgan fingerprint density at radius 1 is 1.58 bits per heavy atom. The molecule has 3 nitrogen and oxygen atoms in total. The van der Waals surface area contributed by atoms with Gasteiger partial charge in [0, 0.05) is 13.7 Å². The summed E-state index contributed by atoms with van der Waals surface area (Å²) < 4.78 is 10.8. The van der Waals surface area contributed by atoms with Crippen LogP contribution in [0.25, 0.3) is 0 Å². The molecule has 3 atom stereocenters. The van der Waals surface area contributed by atoms with Crippen molar-refractivity contribution in [3.63, 3.8) is 0 Å². The van der Waals surface area contributed by atoms with Crippen molar-refractivity contribution in [1.29, 1.82) is 0 Å². The molecule has 0 aromatic heterocycles. The van der Waals surface area contributed by atoms with Gasteiger partial charge < -0.3 is 14.6 Å². The van der Waals surface area contributed by atoms with Gasteiger partial charge in [0.2, 0.25) is 0 Å². The third-order valence-corrected chi connectivity index (χ3v) is 2.49. The number of aliphatic hydroxyl groups is 1. The maximum absolute atomic E-state index is 8.70. The maximum atomic E-state index is 8.70. The first-order valence-electron chi connectivity index (χ1n) is 4.57. The zero-order chi connectivity index (χ0) is 8.97. The molecule has 12 heavy (non-hydrogen) atoms. The van der Waals surface area contributed by atoms with Gasteiger partial charge in [-0.2, -0.15) is 0 Å². The molecule has 1 aliphatic rings. The lowest BCUT2D eigenvalue weighted by Gasteiger charge is -2.18. The molecule has 0 bridgehead atoms. The minimum Gasteiger partial charge on any atom is -0.396 e. The largest absolute Gasteiger partial charge is 0.396 e. The third-order valence-electron chi connectivity index (χ3n) is 2.49. The highest BCUT2D eigenvalue weighted by Crippen LogP contribution is 2.24. The van der Waals surface area contributed by atoms with Crippen LogP contribution >= 0.6 is 0 Å². The van der Waals surface area contributed by atoms with Crippen LogP contribution in [0.3, 0.4) is 0 Å². The molecule has 72 valence electrons. The van der Waals surface area contributed by atoms with E-state index in [9.17, 15) is 0 Å². The van der Waals surface area contributed by atoms with Crippen LogP contribution in [0.1, 0.15) is 26.2 Å². The average Bonchev–Trinajstić information content (AvgIpc) is 2.52. The molecule has 1 rings (SSSR count). The van der Waals surface area contributed by atoms with E-state index in [-0.39, 0.29) is 24.9 Å². The first kappa shape index (κ1) is 9.96. The highest BCUT2D eigenvalue weighted by molar-refractivity contribution is 4.77. The van der Waals surface area contributed by atoms with Crippen LogP contribution in [-0.4, -0.2) is 37.1 Å². The van der Waals surface area contributed by atoms with E-state index in [2.05, 4.69) is 0 Å². The van der Waals surface area contributed by atoms with Crippen molar-refractivity contribution < 1.29 is 14.6 Å². The van der Waals surface area contributed by atoms with Crippen LogP contribution in [0.15, 0.2) is 0 Å². The molecule has 0 aromatic carbocycles. The molecule has 0 spiro atoms. The molecular weight excluding hydrogens is 156 g/mol. The Balaban J connectivity index is 2.25. The van der Waals surface area contributed by atoms with Gasteiger partial charge in [0.1, 0.15) is 0 Å². The van der Waals surface area contributed by atoms with Crippen molar-refractivity contribution in [2.45, 2.75) is 44.5 Å². The number of hydrogen-bond acceptors (Lipinski definition) is 3. The molecule has 0 unspecified atom stereocenters. The van der Waals surface area contributed by atoms with E-state index in [0.717, 1.165) is 19.3 Å². The molecule has 0 amide bonds. The summed E-state index contributed by atoms with van der Waals surface area (Å²) in [5, 5.41) is 8.70. The fourth-order valence-electron chi connectivity index (χ4n) is 1.59. The fourth-order valence-corrected chi connectivity index (χ4v) is 1.59. The van der Waals surface area contributed by atoms with Crippen LogP contribution in [0, 0.1) is 0 Å². The van der Waals surface area contributed by atoms with Crippen LogP contribution in [0.5, 0.6) is 0 Å². The topological polar surface area (TPSA) is 38.7 Å². The number of ether oxygens (including phenoxy) is 2. The van der Waals surface area contributed by atoms with E-state index >= 15 is 0 Å². The Morgan fingerprint density at radius 2 is 2.33 bits per heavy atom. The monoisotopic (exact) mass is 174 g/mol. The summed E-state index contributed by atoms with van der Waals surface area (Å²) in [6.45, 7) is 2.24. The molecule has 1 fully saturated rings. The summed E-state index contributed by atoms with van der Waals surface area (Å²) in [6.07, 6.45) is 3.52. The average molecular weight is 174 g/mol. The highest BCUT2D eigenvalue weighted by atomic mass is 16.5. The first-order chi connectivity index (χ1) is 5.77. The Kier molecular flexibility index (Phi) is 3.98. The molecule has 0 aromatic rings. The standard InChI is InChI=1S/C9H18O3/c1-7(11-2)9-4-3-8(12-9)5-6-10/h7-10H,3-6H2,1-2H3/t7-,8+,9+/m1/s1. The lowest BCUT2D eigenvalue weighted by Crippen LogP contribution is -2.25. The van der Waals surface area contributed by atoms with Crippen molar-refractivity contribution >= 4 is 0 Å². The molecule has 3 heteroatoms. The van der Waals surface area contributed by atoms with Crippen LogP contribution < -0.4 is 0 Å². The van der Waals surface area contributed by atoms with E-state index in [1.54, 1.807) is 7.11 Å². The molecule has 0 aliphatic carbocycles. The van der Waals surface area contributed by atoms with Crippen LogP contribution in [-0.2, 0) is 9.47 Å². The van der Waals surface area contributed by atoms with Crippen molar-refractivity contribution in [3.8, 4) is 0 Å². The van der Waals surface area contributed by atoms with Gasteiger partial charge in [0.05, 0.1) is 18.3 Å². The quantitative estimate of drug-likeness (QED) is 0.689. The fraction of sp³-hybridized carbons (Fsp3) is 1.00. The Bertz CT molecular complexity index is 127. The van der Waals surface area contributed by atoms with Crippen molar-refractivity contribution in [1.82, 2.24) is 0 Å². The lowest BCUT2D eigenvalue weighted by molar-refractivity contribution is -0.0488. The van der Waals surface area contributed by atoms with Crippen molar-refractivity contribution in [2.24, 2.45) is 0 Å². The number of aliphatic hydroxyl groups excluding tert-OH is 1. The molecule has 1 saturated heterocycles. The van der Waals surface area contributed by atoms with Gasteiger partial charge in [-0.3, -0.25) is 0 Å². The van der Waals surface area contributed by atoms with Crippen molar-refractivity contribution in [2.75, 3.05) is 13.7 Å². The predicted octanol–water partition coefficient (Wildman–Crippen LogP) is 0.951. The van der Waals surface area contributed by atoms with Crippen molar-refractivity contribution in [3.05, 3.63) is 0 Å². The third kappa shape index (κ3) is 2.44. The van der Waals surface area contributed by atoms with E-state index < -0.39 is 0 Å². The van der Waals surface area contributed by atoms with Gasteiger partial charge in [0.15, 0.2) is 0 Å². The summed E-state index contributed by atoms with van der Waals surface area (Å²) in [7, 11) is 1.70. The van der Waals surface area contributed by atoms with E-state index in [0.29, 0.717) is 0 Å². The summed E-state index contributed by atoms with van der Waals surface area (Å²) in [5.74, 6) is 0. The van der Waals surface area contributed by atoms with Gasteiger partial charge in [-0.25, -0.2) is 0 Å². The number of rotatable bonds is 4. The highest BCUT2D eigenvalue weighted by Gasteiger charge is 2.28. The zero-order valence-corrected chi connectivity index (χ0v) is 7.82. The minimum atomic E-state index is 0.175. The minimum absolute atomic E-state index is 0.175. The Morgan fingerprint density at radius 3 is 2.92 bits per heavy atom. The summed E-state index contributed by atoms with van der Waals surface area (Å²) in [6, 6.07) is 0. The summed E-state index contributed by atoms with van der Waals surface area (Å²) in [4.78, 5) is 0. The van der Waals surface area contributed by atoms with E-state index in [1.165, 1.54) is 0 Å². The Hall–Kier alpha value is -0.120. The second kappa shape index (κ2) is 4.80. The van der Waals surface area contributed by atoms with Crippen LogP contribution in [0.4, 0.5) is 0 Å². The maximum Gasteiger partial charge on any atom is 0.0838 e. The number of methoxy groups -OCH3 is 1. The molecular formula is C9H18O3. The lowest BCUT2D eigenvalue weighted by atomic mass is 10.1.